The summed E-state index contributed by atoms with van der Waals surface area (Å²) in [7, 11) is 0. The Bertz CT molecular complexity index is 1070. The lowest BCUT2D eigenvalue weighted by atomic mass is 10.1. The molecule has 2 heterocycles. The molecule has 4 rings (SSSR count). The summed E-state index contributed by atoms with van der Waals surface area (Å²) in [6.45, 7) is -0.0959. The molecule has 0 aromatic heterocycles. The molecule has 2 aliphatic rings. The van der Waals surface area contributed by atoms with Gasteiger partial charge in [-0.2, -0.15) is 0 Å². The zero-order valence-corrected chi connectivity index (χ0v) is 16.2. The normalized spacial score (nSPS) is 14.5. The summed E-state index contributed by atoms with van der Waals surface area (Å²) in [5.41, 5.74) is 0.330. The highest BCUT2D eigenvalue weighted by Crippen LogP contribution is 2.38. The van der Waals surface area contributed by atoms with Crippen molar-refractivity contribution in [3.63, 3.8) is 0 Å². The average Bonchev–Trinajstić information content (AvgIpc) is 3.39. The van der Waals surface area contributed by atoms with Gasteiger partial charge in [-0.15, -0.1) is 0 Å². The third-order valence-electron chi connectivity index (χ3n) is 4.78. The van der Waals surface area contributed by atoms with Crippen molar-refractivity contribution in [2.45, 2.75) is 12.8 Å². The Hall–Kier alpha value is -4.15. The van der Waals surface area contributed by atoms with Crippen LogP contribution >= 0.6 is 0 Å². The molecule has 2 aromatic carbocycles. The number of carbonyl (C=O) groups is 3. The zero-order valence-electron chi connectivity index (χ0n) is 16.2. The molecule has 160 valence electrons. The van der Waals surface area contributed by atoms with Crippen LogP contribution in [0.25, 0.3) is 0 Å². The number of rotatable bonds is 6. The average molecular weight is 427 g/mol. The molecule has 1 fully saturated rings. The van der Waals surface area contributed by atoms with Gasteiger partial charge in [0.25, 0.3) is 11.6 Å². The van der Waals surface area contributed by atoms with Crippen LogP contribution in [0.15, 0.2) is 36.4 Å². The molecule has 1 saturated heterocycles. The van der Waals surface area contributed by atoms with Crippen molar-refractivity contribution in [2.24, 2.45) is 0 Å². The van der Waals surface area contributed by atoms with Gasteiger partial charge in [0.2, 0.25) is 12.7 Å². The van der Waals surface area contributed by atoms with Gasteiger partial charge in [0.15, 0.2) is 18.1 Å². The first-order valence-electron chi connectivity index (χ1n) is 9.38. The molecule has 2 amide bonds. The van der Waals surface area contributed by atoms with E-state index in [-0.39, 0.29) is 29.8 Å². The first kappa shape index (κ1) is 20.1. The monoisotopic (exact) mass is 427 g/mol. The maximum absolute atomic E-state index is 12.3. The number of hydrogen-bond donors (Lipinski definition) is 1. The molecule has 0 saturated carbocycles. The summed E-state index contributed by atoms with van der Waals surface area (Å²) in [5, 5.41) is 13.8. The maximum atomic E-state index is 12.3. The smallest absolute Gasteiger partial charge is 0.345 e. The van der Waals surface area contributed by atoms with E-state index in [1.54, 1.807) is 29.2 Å². The van der Waals surface area contributed by atoms with Crippen molar-refractivity contribution in [1.82, 2.24) is 0 Å². The lowest BCUT2D eigenvalue weighted by Gasteiger charge is -2.16. The van der Waals surface area contributed by atoms with E-state index in [9.17, 15) is 24.5 Å². The second-order valence-corrected chi connectivity index (χ2v) is 6.80. The Kier molecular flexibility index (Phi) is 5.39. The summed E-state index contributed by atoms with van der Waals surface area (Å²) in [6.07, 6.45) is 1.33. The molecule has 0 radical (unpaired) electrons. The van der Waals surface area contributed by atoms with Gasteiger partial charge in [-0.25, -0.2) is 4.79 Å². The van der Waals surface area contributed by atoms with Crippen molar-refractivity contribution >= 4 is 34.8 Å². The van der Waals surface area contributed by atoms with Crippen molar-refractivity contribution in [3.05, 3.63) is 52.1 Å². The van der Waals surface area contributed by atoms with Crippen LogP contribution in [0.1, 0.15) is 23.2 Å². The molecule has 0 bridgehead atoms. The van der Waals surface area contributed by atoms with Gasteiger partial charge in [0, 0.05) is 30.4 Å². The number of nitrogens with one attached hydrogen (secondary N) is 1. The number of hydrogen-bond acceptors (Lipinski definition) is 8. The van der Waals surface area contributed by atoms with Crippen LogP contribution in [0.5, 0.6) is 11.5 Å². The number of carbonyl (C=O) groups excluding carboxylic acids is 3. The fraction of sp³-hybridized carbons (Fsp3) is 0.250. The number of esters is 1. The Morgan fingerprint density at radius 2 is 1.87 bits per heavy atom. The largest absolute Gasteiger partial charge is 0.454 e. The van der Waals surface area contributed by atoms with Crippen molar-refractivity contribution < 1.29 is 33.5 Å². The second kappa shape index (κ2) is 8.30. The minimum atomic E-state index is -1.04. The number of nitro benzene ring substituents is 1. The van der Waals surface area contributed by atoms with Gasteiger partial charge in [-0.3, -0.25) is 19.7 Å². The SMILES string of the molecule is O=C(COC(=O)c1cc2c(cc1[N+](=O)[O-])OCO2)Nc1ccc(N2CCCC2=O)cc1. The van der Waals surface area contributed by atoms with E-state index in [1.165, 1.54) is 0 Å². The summed E-state index contributed by atoms with van der Waals surface area (Å²) >= 11 is 0. The van der Waals surface area contributed by atoms with Crippen molar-refractivity contribution in [2.75, 3.05) is 30.2 Å². The summed E-state index contributed by atoms with van der Waals surface area (Å²) in [6, 6.07) is 8.90. The van der Waals surface area contributed by atoms with Crippen LogP contribution in [0.3, 0.4) is 0 Å². The minimum Gasteiger partial charge on any atom is -0.454 e. The molecular formula is C20H17N3O8. The van der Waals surface area contributed by atoms with E-state index >= 15 is 0 Å². The van der Waals surface area contributed by atoms with E-state index in [4.69, 9.17) is 14.2 Å². The molecule has 2 aliphatic heterocycles. The number of nitro groups is 1. The first-order chi connectivity index (χ1) is 14.9. The highest BCUT2D eigenvalue weighted by atomic mass is 16.7. The topological polar surface area (TPSA) is 137 Å². The van der Waals surface area contributed by atoms with Crippen LogP contribution in [0.2, 0.25) is 0 Å². The lowest BCUT2D eigenvalue weighted by Crippen LogP contribution is -2.24. The second-order valence-electron chi connectivity index (χ2n) is 6.80. The number of nitrogens with zero attached hydrogens (tertiary/aromatic N) is 2. The Morgan fingerprint density at radius 1 is 1.16 bits per heavy atom. The fourth-order valence-corrected chi connectivity index (χ4v) is 3.30. The van der Waals surface area contributed by atoms with Gasteiger partial charge in [0.05, 0.1) is 11.0 Å². The molecule has 11 nitrogen and oxygen atoms in total. The van der Waals surface area contributed by atoms with Crippen LogP contribution in [0.4, 0.5) is 17.1 Å². The van der Waals surface area contributed by atoms with E-state index in [1.807, 2.05) is 0 Å². The highest BCUT2D eigenvalue weighted by Gasteiger charge is 2.28. The third-order valence-corrected chi connectivity index (χ3v) is 4.78. The number of anilines is 2. The zero-order chi connectivity index (χ0) is 22.0. The van der Waals surface area contributed by atoms with E-state index in [0.717, 1.165) is 24.2 Å². The quantitative estimate of drug-likeness (QED) is 0.421. The van der Waals surface area contributed by atoms with Crippen molar-refractivity contribution in [3.8, 4) is 11.5 Å². The van der Waals surface area contributed by atoms with Gasteiger partial charge in [-0.05, 0) is 30.7 Å². The summed E-state index contributed by atoms with van der Waals surface area (Å²) in [4.78, 5) is 48.4. The summed E-state index contributed by atoms with van der Waals surface area (Å²) in [5.74, 6) is -1.27. The van der Waals surface area contributed by atoms with Gasteiger partial charge in [-0.1, -0.05) is 0 Å². The van der Waals surface area contributed by atoms with Crippen LogP contribution < -0.4 is 19.7 Å². The summed E-state index contributed by atoms with van der Waals surface area (Å²) < 4.78 is 15.1. The number of amides is 2. The fourth-order valence-electron chi connectivity index (χ4n) is 3.30. The Morgan fingerprint density at radius 3 is 2.52 bits per heavy atom. The Balaban J connectivity index is 1.36. The molecule has 31 heavy (non-hydrogen) atoms. The molecule has 2 aromatic rings. The lowest BCUT2D eigenvalue weighted by molar-refractivity contribution is -0.385. The number of benzene rings is 2. The van der Waals surface area contributed by atoms with Gasteiger partial charge in [0.1, 0.15) is 5.56 Å². The van der Waals surface area contributed by atoms with Gasteiger partial charge >= 0.3 is 5.97 Å². The molecule has 1 N–H and O–H groups in total. The molecule has 0 spiro atoms. The predicted octanol–water partition coefficient (Wildman–Crippen LogP) is 2.25. The van der Waals surface area contributed by atoms with E-state index in [0.29, 0.717) is 18.7 Å². The van der Waals surface area contributed by atoms with Gasteiger partial charge < -0.3 is 24.4 Å². The molecule has 0 unspecified atom stereocenters. The van der Waals surface area contributed by atoms with Crippen LogP contribution in [-0.2, 0) is 14.3 Å². The minimum absolute atomic E-state index is 0.0568. The van der Waals surface area contributed by atoms with E-state index < -0.39 is 29.1 Å². The predicted molar refractivity (Wildman–Crippen MR) is 106 cm³/mol. The first-order valence-corrected chi connectivity index (χ1v) is 9.38. The Labute approximate surface area is 175 Å². The van der Waals surface area contributed by atoms with E-state index in [2.05, 4.69) is 5.32 Å². The maximum Gasteiger partial charge on any atom is 0.345 e. The number of fused-ring (bicyclic) bond motifs is 1. The molecule has 0 aliphatic carbocycles. The highest BCUT2D eigenvalue weighted by molar-refractivity contribution is 5.99. The molecule has 11 heteroatoms. The van der Waals surface area contributed by atoms with Crippen LogP contribution in [-0.4, -0.2) is 42.7 Å². The number of ether oxygens (including phenoxy) is 3. The third kappa shape index (κ3) is 4.25. The van der Waals surface area contributed by atoms with Crippen LogP contribution in [0, 0.1) is 10.1 Å². The molecular weight excluding hydrogens is 410 g/mol. The molecule has 0 atom stereocenters. The van der Waals surface area contributed by atoms with Crippen molar-refractivity contribution in [1.29, 1.82) is 0 Å². The standard InChI is InChI=1S/C20H17N3O8/c24-18(21-12-3-5-13(6-4-12)22-7-1-2-19(22)25)10-29-20(26)14-8-16-17(31-11-30-16)9-15(14)23(27)28/h3-6,8-9H,1-2,7,10-11H2,(H,21,24).